The number of hydrogen-bond acceptors (Lipinski definition) is 1. The van der Waals surface area contributed by atoms with E-state index in [-0.39, 0.29) is 12.4 Å². The SMILES string of the molecule is CCCC1CNCCc2[nH]c3ccccc3c21.Cl. The molecule has 0 saturated carbocycles. The molecule has 3 rings (SSSR count). The van der Waals surface area contributed by atoms with E-state index in [2.05, 4.69) is 41.5 Å². The van der Waals surface area contributed by atoms with E-state index in [4.69, 9.17) is 0 Å². The first-order valence-corrected chi connectivity index (χ1v) is 6.70. The molecule has 1 unspecified atom stereocenters. The van der Waals surface area contributed by atoms with Crippen LogP contribution in [0.2, 0.25) is 0 Å². The quantitative estimate of drug-likeness (QED) is 0.852. The molecular formula is C15H21ClN2. The second kappa shape index (κ2) is 5.77. The summed E-state index contributed by atoms with van der Waals surface area (Å²) in [5.74, 6) is 0.675. The number of hydrogen-bond donors (Lipinski definition) is 2. The molecule has 1 aromatic carbocycles. The maximum Gasteiger partial charge on any atom is 0.0459 e. The molecule has 2 N–H and O–H groups in total. The first-order valence-electron chi connectivity index (χ1n) is 6.70. The molecule has 0 amide bonds. The van der Waals surface area contributed by atoms with Crippen molar-refractivity contribution in [2.24, 2.45) is 0 Å². The number of fused-ring (bicyclic) bond motifs is 3. The van der Waals surface area contributed by atoms with Crippen molar-refractivity contribution in [1.82, 2.24) is 10.3 Å². The zero-order valence-electron chi connectivity index (χ0n) is 10.8. The topological polar surface area (TPSA) is 27.8 Å². The van der Waals surface area contributed by atoms with Gasteiger partial charge in [-0.15, -0.1) is 12.4 Å². The molecule has 0 fully saturated rings. The van der Waals surface area contributed by atoms with Crippen LogP contribution in [0.25, 0.3) is 10.9 Å². The van der Waals surface area contributed by atoms with E-state index in [9.17, 15) is 0 Å². The molecule has 0 radical (unpaired) electrons. The summed E-state index contributed by atoms with van der Waals surface area (Å²) in [6.07, 6.45) is 3.66. The van der Waals surface area contributed by atoms with Crippen LogP contribution in [0.15, 0.2) is 24.3 Å². The first kappa shape index (κ1) is 13.4. The van der Waals surface area contributed by atoms with Crippen molar-refractivity contribution < 1.29 is 0 Å². The lowest BCUT2D eigenvalue weighted by Crippen LogP contribution is -2.20. The predicted octanol–water partition coefficient (Wildman–Crippen LogP) is 3.62. The summed E-state index contributed by atoms with van der Waals surface area (Å²) in [6.45, 7) is 4.50. The molecule has 1 aromatic heterocycles. The third kappa shape index (κ3) is 2.27. The van der Waals surface area contributed by atoms with Crippen molar-refractivity contribution >= 4 is 23.3 Å². The molecule has 0 bridgehead atoms. The van der Waals surface area contributed by atoms with E-state index in [1.807, 2.05) is 0 Å². The van der Waals surface area contributed by atoms with Crippen LogP contribution in [0.3, 0.4) is 0 Å². The lowest BCUT2D eigenvalue weighted by Gasteiger charge is -2.14. The highest BCUT2D eigenvalue weighted by molar-refractivity contribution is 5.85. The summed E-state index contributed by atoms with van der Waals surface area (Å²) in [7, 11) is 0. The van der Waals surface area contributed by atoms with Crippen LogP contribution < -0.4 is 5.32 Å². The van der Waals surface area contributed by atoms with E-state index in [1.54, 1.807) is 5.56 Å². The minimum atomic E-state index is 0. The zero-order chi connectivity index (χ0) is 11.7. The molecular weight excluding hydrogens is 244 g/mol. The number of aromatic amines is 1. The van der Waals surface area contributed by atoms with Gasteiger partial charge in [0.15, 0.2) is 0 Å². The Bertz CT molecular complexity index is 518. The first-order chi connectivity index (χ1) is 8.40. The third-order valence-corrected chi connectivity index (χ3v) is 3.82. The third-order valence-electron chi connectivity index (χ3n) is 3.82. The number of benzene rings is 1. The van der Waals surface area contributed by atoms with Crippen LogP contribution in [0, 0.1) is 0 Å². The highest BCUT2D eigenvalue weighted by atomic mass is 35.5. The molecule has 3 heteroatoms. The van der Waals surface area contributed by atoms with Crippen molar-refractivity contribution in [3.8, 4) is 0 Å². The summed E-state index contributed by atoms with van der Waals surface area (Å²) in [5, 5.41) is 4.99. The van der Waals surface area contributed by atoms with Crippen molar-refractivity contribution in [2.45, 2.75) is 32.1 Å². The van der Waals surface area contributed by atoms with Crippen molar-refractivity contribution in [3.63, 3.8) is 0 Å². The van der Waals surface area contributed by atoms with Gasteiger partial charge in [0.25, 0.3) is 0 Å². The van der Waals surface area contributed by atoms with Gasteiger partial charge in [0.2, 0.25) is 0 Å². The highest BCUT2D eigenvalue weighted by Gasteiger charge is 2.21. The second-order valence-electron chi connectivity index (χ2n) is 5.00. The van der Waals surface area contributed by atoms with Gasteiger partial charge in [-0.2, -0.15) is 0 Å². The van der Waals surface area contributed by atoms with Gasteiger partial charge in [0, 0.05) is 36.1 Å². The zero-order valence-corrected chi connectivity index (χ0v) is 11.6. The fourth-order valence-electron chi connectivity index (χ4n) is 3.07. The maximum absolute atomic E-state index is 3.60. The van der Waals surface area contributed by atoms with Crippen LogP contribution in [0.1, 0.15) is 36.9 Å². The van der Waals surface area contributed by atoms with Gasteiger partial charge < -0.3 is 10.3 Å². The van der Waals surface area contributed by atoms with Gasteiger partial charge >= 0.3 is 0 Å². The number of rotatable bonds is 2. The maximum atomic E-state index is 3.60. The number of aromatic nitrogens is 1. The molecule has 1 aliphatic rings. The summed E-state index contributed by atoms with van der Waals surface area (Å²) in [4.78, 5) is 3.60. The van der Waals surface area contributed by atoms with Crippen LogP contribution >= 0.6 is 12.4 Å². The van der Waals surface area contributed by atoms with E-state index in [1.165, 1.54) is 29.4 Å². The second-order valence-corrected chi connectivity index (χ2v) is 5.00. The Kier molecular flexibility index (Phi) is 4.31. The summed E-state index contributed by atoms with van der Waals surface area (Å²) in [5.41, 5.74) is 4.34. The molecule has 0 spiro atoms. The van der Waals surface area contributed by atoms with E-state index >= 15 is 0 Å². The van der Waals surface area contributed by atoms with Crippen LogP contribution in [-0.4, -0.2) is 18.1 Å². The van der Waals surface area contributed by atoms with E-state index in [0.29, 0.717) is 5.92 Å². The fraction of sp³-hybridized carbons (Fsp3) is 0.467. The van der Waals surface area contributed by atoms with Crippen molar-refractivity contribution in [2.75, 3.05) is 13.1 Å². The van der Waals surface area contributed by atoms with Gasteiger partial charge in [-0.25, -0.2) is 0 Å². The predicted molar refractivity (Wildman–Crippen MR) is 79.8 cm³/mol. The molecule has 0 aliphatic carbocycles. The molecule has 1 atom stereocenters. The molecule has 2 heterocycles. The Balaban J connectivity index is 0.00000120. The summed E-state index contributed by atoms with van der Waals surface area (Å²) >= 11 is 0. The Morgan fingerprint density at radius 1 is 1.28 bits per heavy atom. The van der Waals surface area contributed by atoms with Gasteiger partial charge in [-0.1, -0.05) is 31.5 Å². The molecule has 2 aromatic rings. The molecule has 0 saturated heterocycles. The lowest BCUT2D eigenvalue weighted by molar-refractivity contribution is 0.568. The summed E-state index contributed by atoms with van der Waals surface area (Å²) < 4.78 is 0. The van der Waals surface area contributed by atoms with E-state index < -0.39 is 0 Å². The van der Waals surface area contributed by atoms with Crippen molar-refractivity contribution in [3.05, 3.63) is 35.5 Å². The standard InChI is InChI=1S/C15H20N2.ClH/c1-2-5-11-10-16-9-8-14-15(11)12-6-3-4-7-13(12)17-14;/h3-4,6-7,11,16-17H,2,5,8-10H2,1H3;1H. The molecule has 1 aliphatic heterocycles. The Labute approximate surface area is 115 Å². The number of para-hydroxylation sites is 1. The minimum absolute atomic E-state index is 0. The Hall–Kier alpha value is -0.990. The van der Waals surface area contributed by atoms with Gasteiger partial charge in [-0.3, -0.25) is 0 Å². The Morgan fingerprint density at radius 3 is 2.94 bits per heavy atom. The lowest BCUT2D eigenvalue weighted by atomic mass is 9.92. The molecule has 98 valence electrons. The Morgan fingerprint density at radius 2 is 2.11 bits per heavy atom. The van der Waals surface area contributed by atoms with Gasteiger partial charge in [0.05, 0.1) is 0 Å². The highest BCUT2D eigenvalue weighted by Crippen LogP contribution is 2.33. The van der Waals surface area contributed by atoms with Gasteiger partial charge in [-0.05, 0) is 24.0 Å². The van der Waals surface area contributed by atoms with Gasteiger partial charge in [0.1, 0.15) is 0 Å². The molecule has 2 nitrogen and oxygen atoms in total. The largest absolute Gasteiger partial charge is 0.358 e. The van der Waals surface area contributed by atoms with E-state index in [0.717, 1.165) is 19.5 Å². The average molecular weight is 265 g/mol. The number of halogens is 1. The van der Waals surface area contributed by atoms with Crippen LogP contribution in [-0.2, 0) is 6.42 Å². The van der Waals surface area contributed by atoms with Crippen LogP contribution in [0.5, 0.6) is 0 Å². The minimum Gasteiger partial charge on any atom is -0.358 e. The number of H-pyrrole nitrogens is 1. The molecule has 18 heavy (non-hydrogen) atoms. The average Bonchev–Trinajstić information content (AvgIpc) is 2.60. The van der Waals surface area contributed by atoms with Crippen LogP contribution in [0.4, 0.5) is 0 Å². The number of nitrogens with one attached hydrogen (secondary N) is 2. The normalized spacial score (nSPS) is 19.1. The smallest absolute Gasteiger partial charge is 0.0459 e. The monoisotopic (exact) mass is 264 g/mol. The van der Waals surface area contributed by atoms with Crippen molar-refractivity contribution in [1.29, 1.82) is 0 Å². The summed E-state index contributed by atoms with van der Waals surface area (Å²) in [6, 6.07) is 8.72. The fourth-order valence-corrected chi connectivity index (χ4v) is 3.07.